The number of aromatic nitrogens is 3. The minimum atomic E-state index is -5.08. The summed E-state index contributed by atoms with van der Waals surface area (Å²) in [5.74, 6) is -0.0843. The molecule has 3 heterocycles. The SMILES string of the molecule is COc1cc(N2CCN(C)CC2)c(C)cc1Nc1ncc(Br)c(Nc2cccnc2N(C)C)n1.O=C(O)C(F)(F)F. The number of carbonyl (C=O) groups is 1. The maximum atomic E-state index is 10.6. The third-order valence-corrected chi connectivity index (χ3v) is 6.64. The van der Waals surface area contributed by atoms with E-state index in [4.69, 9.17) is 19.6 Å². The van der Waals surface area contributed by atoms with Crippen LogP contribution in [0.1, 0.15) is 5.56 Å². The molecule has 1 aromatic carbocycles. The monoisotopic (exact) mass is 640 g/mol. The molecule has 1 aliphatic rings. The number of hydrogen-bond acceptors (Lipinski definition) is 10. The number of anilines is 6. The first kappa shape index (κ1) is 31.7. The zero-order valence-corrected chi connectivity index (χ0v) is 24.8. The van der Waals surface area contributed by atoms with Crippen molar-refractivity contribution in [3.05, 3.63) is 46.7 Å². The number of nitrogens with zero attached hydrogens (tertiary/aromatic N) is 6. The third kappa shape index (κ3) is 8.57. The highest BCUT2D eigenvalue weighted by Crippen LogP contribution is 2.36. The molecule has 1 fully saturated rings. The summed E-state index contributed by atoms with van der Waals surface area (Å²) in [5.41, 5.74) is 4.04. The number of halogens is 4. The van der Waals surface area contributed by atoms with E-state index in [1.165, 1.54) is 11.3 Å². The standard InChI is InChI=1S/C24H31BrN8O.C2HF3O2/c1-16-13-19(21(34-5)14-20(16)33-11-9-32(4)10-12-33)29-24-27-15-17(25)22(30-24)28-18-7-6-8-26-23(18)31(2)3;3-2(4,5)1(6)7/h6-8,13-15H,9-12H2,1-5H3,(H2,27,28,29,30);(H,6,7). The maximum Gasteiger partial charge on any atom is 0.490 e. The van der Waals surface area contributed by atoms with Crippen molar-refractivity contribution < 1.29 is 27.8 Å². The summed E-state index contributed by atoms with van der Waals surface area (Å²) in [6.45, 7) is 6.23. The number of ether oxygens (including phenoxy) is 1. The number of likely N-dealkylation sites (N-methyl/N-ethyl adjacent to an activating group) is 1. The van der Waals surface area contributed by atoms with E-state index in [0.29, 0.717) is 11.8 Å². The average molecular weight is 641 g/mol. The molecule has 0 bridgehead atoms. The smallest absolute Gasteiger partial charge is 0.490 e. The Bertz CT molecular complexity index is 1350. The molecule has 4 rings (SSSR count). The van der Waals surface area contributed by atoms with Crippen molar-refractivity contribution in [2.75, 3.05) is 74.9 Å². The normalized spacial score (nSPS) is 13.6. The number of pyridine rings is 1. The molecule has 0 aliphatic carbocycles. The van der Waals surface area contributed by atoms with Gasteiger partial charge in [-0.05, 0) is 53.7 Å². The third-order valence-electron chi connectivity index (χ3n) is 6.06. The van der Waals surface area contributed by atoms with Crippen LogP contribution in [-0.2, 0) is 4.79 Å². The van der Waals surface area contributed by atoms with Crippen molar-refractivity contribution in [2.45, 2.75) is 13.1 Å². The predicted molar refractivity (Wildman–Crippen MR) is 156 cm³/mol. The topological polar surface area (TPSA) is 119 Å². The number of aliphatic carboxylic acids is 1. The largest absolute Gasteiger partial charge is 0.494 e. The minimum Gasteiger partial charge on any atom is -0.494 e. The zero-order chi connectivity index (χ0) is 30.3. The number of nitrogens with one attached hydrogen (secondary N) is 2. The minimum absolute atomic E-state index is 0.464. The predicted octanol–water partition coefficient (Wildman–Crippen LogP) is 4.89. The summed E-state index contributed by atoms with van der Waals surface area (Å²) < 4.78 is 38.2. The number of rotatable bonds is 7. The Balaban J connectivity index is 0.000000587. The van der Waals surface area contributed by atoms with Crippen molar-refractivity contribution in [1.82, 2.24) is 19.9 Å². The highest BCUT2D eigenvalue weighted by molar-refractivity contribution is 9.10. The van der Waals surface area contributed by atoms with Crippen LogP contribution in [-0.4, -0.2) is 91.5 Å². The Kier molecular flexibility index (Phi) is 10.6. The van der Waals surface area contributed by atoms with Crippen molar-refractivity contribution >= 4 is 56.5 Å². The molecule has 0 atom stereocenters. The molecule has 15 heteroatoms. The van der Waals surface area contributed by atoms with Gasteiger partial charge in [0, 0.05) is 64.4 Å². The van der Waals surface area contributed by atoms with Crippen molar-refractivity contribution in [3.8, 4) is 5.75 Å². The lowest BCUT2D eigenvalue weighted by molar-refractivity contribution is -0.192. The quantitative estimate of drug-likeness (QED) is 0.327. The fraction of sp³-hybridized carbons (Fsp3) is 0.385. The van der Waals surface area contributed by atoms with Crippen molar-refractivity contribution in [1.29, 1.82) is 0 Å². The number of hydrogen-bond donors (Lipinski definition) is 3. The van der Waals surface area contributed by atoms with Crippen LogP contribution in [0.15, 0.2) is 41.1 Å². The molecule has 3 N–H and O–H groups in total. The summed E-state index contributed by atoms with van der Waals surface area (Å²) >= 11 is 3.55. The van der Waals surface area contributed by atoms with E-state index in [-0.39, 0.29) is 0 Å². The summed E-state index contributed by atoms with van der Waals surface area (Å²) in [7, 11) is 7.75. The molecule has 0 unspecified atom stereocenters. The first-order valence-corrected chi connectivity index (χ1v) is 13.2. The lowest BCUT2D eigenvalue weighted by Gasteiger charge is -2.35. The highest BCUT2D eigenvalue weighted by Gasteiger charge is 2.38. The van der Waals surface area contributed by atoms with Crippen molar-refractivity contribution in [2.24, 2.45) is 0 Å². The molecule has 1 aliphatic heterocycles. The van der Waals surface area contributed by atoms with Gasteiger partial charge in [0.2, 0.25) is 5.95 Å². The molecule has 2 aromatic heterocycles. The van der Waals surface area contributed by atoms with E-state index in [1.807, 2.05) is 31.1 Å². The van der Waals surface area contributed by atoms with Crippen LogP contribution in [0.25, 0.3) is 0 Å². The average Bonchev–Trinajstić information content (AvgIpc) is 2.91. The molecule has 222 valence electrons. The highest BCUT2D eigenvalue weighted by atomic mass is 79.9. The van der Waals surface area contributed by atoms with E-state index >= 15 is 0 Å². The molecular weight excluding hydrogens is 609 g/mol. The van der Waals surface area contributed by atoms with Gasteiger partial charge in [-0.2, -0.15) is 18.2 Å². The second-order valence-electron chi connectivity index (χ2n) is 9.34. The van der Waals surface area contributed by atoms with E-state index in [0.717, 1.165) is 53.6 Å². The molecule has 0 amide bonds. The van der Waals surface area contributed by atoms with E-state index < -0.39 is 12.1 Å². The van der Waals surface area contributed by atoms with E-state index in [1.54, 1.807) is 19.5 Å². The second kappa shape index (κ2) is 13.7. The van der Waals surface area contributed by atoms with Gasteiger partial charge in [-0.1, -0.05) is 0 Å². The van der Waals surface area contributed by atoms with Gasteiger partial charge in [-0.3, -0.25) is 0 Å². The summed E-state index contributed by atoms with van der Waals surface area (Å²) in [4.78, 5) is 29.2. The fourth-order valence-electron chi connectivity index (χ4n) is 3.95. The van der Waals surface area contributed by atoms with Crippen molar-refractivity contribution in [3.63, 3.8) is 0 Å². The number of methoxy groups -OCH3 is 1. The molecule has 1 saturated heterocycles. The molecule has 11 nitrogen and oxygen atoms in total. The summed E-state index contributed by atoms with van der Waals surface area (Å²) in [6, 6.07) is 8.04. The van der Waals surface area contributed by atoms with Crippen LogP contribution >= 0.6 is 15.9 Å². The van der Waals surface area contributed by atoms with Crippen LogP contribution in [0.4, 0.5) is 47.8 Å². The van der Waals surface area contributed by atoms with Crippen LogP contribution in [0.2, 0.25) is 0 Å². The number of alkyl halides is 3. The summed E-state index contributed by atoms with van der Waals surface area (Å²) in [6.07, 6.45) is -1.59. The molecule has 41 heavy (non-hydrogen) atoms. The van der Waals surface area contributed by atoms with Gasteiger partial charge < -0.3 is 35.2 Å². The molecule has 0 saturated carbocycles. The lowest BCUT2D eigenvalue weighted by Crippen LogP contribution is -2.44. The van der Waals surface area contributed by atoms with Crippen LogP contribution in [0.5, 0.6) is 5.75 Å². The Morgan fingerprint density at radius 3 is 2.37 bits per heavy atom. The summed E-state index contributed by atoms with van der Waals surface area (Å²) in [5, 5.41) is 13.8. The van der Waals surface area contributed by atoms with Crippen LogP contribution < -0.4 is 25.2 Å². The fourth-order valence-corrected chi connectivity index (χ4v) is 4.24. The van der Waals surface area contributed by atoms with Crippen LogP contribution in [0.3, 0.4) is 0 Å². The Labute approximate surface area is 244 Å². The van der Waals surface area contributed by atoms with Gasteiger partial charge in [-0.25, -0.2) is 14.8 Å². The van der Waals surface area contributed by atoms with E-state index in [9.17, 15) is 13.2 Å². The first-order valence-electron chi connectivity index (χ1n) is 12.4. The molecule has 0 spiro atoms. The first-order chi connectivity index (χ1) is 19.3. The van der Waals surface area contributed by atoms with Gasteiger partial charge in [0.25, 0.3) is 0 Å². The van der Waals surface area contributed by atoms with Gasteiger partial charge in [-0.15, -0.1) is 0 Å². The number of benzene rings is 1. The van der Waals surface area contributed by atoms with Gasteiger partial charge in [0.05, 0.1) is 23.0 Å². The van der Waals surface area contributed by atoms with Crippen LogP contribution in [0, 0.1) is 6.92 Å². The second-order valence-corrected chi connectivity index (χ2v) is 10.2. The van der Waals surface area contributed by atoms with E-state index in [2.05, 4.69) is 72.4 Å². The number of piperazine rings is 1. The molecule has 0 radical (unpaired) electrons. The van der Waals surface area contributed by atoms with Gasteiger partial charge >= 0.3 is 12.1 Å². The number of carboxylic acids is 1. The number of aryl methyl sites for hydroxylation is 1. The Morgan fingerprint density at radius 1 is 1.12 bits per heavy atom. The Hall–Kier alpha value is -3.85. The molecule has 3 aromatic rings. The number of carboxylic acid groups (broad SMARTS) is 1. The molecular formula is C26H32BrF3N8O3. The Morgan fingerprint density at radius 2 is 1.78 bits per heavy atom. The zero-order valence-electron chi connectivity index (χ0n) is 23.3. The maximum absolute atomic E-state index is 10.6. The van der Waals surface area contributed by atoms with Gasteiger partial charge in [0.1, 0.15) is 11.6 Å². The lowest BCUT2D eigenvalue weighted by atomic mass is 10.1. The van der Waals surface area contributed by atoms with Gasteiger partial charge in [0.15, 0.2) is 5.82 Å².